The van der Waals surface area contributed by atoms with E-state index in [9.17, 15) is 5.26 Å². The lowest BCUT2D eigenvalue weighted by Gasteiger charge is -2.38. The average molecular weight is 256 g/mol. The van der Waals surface area contributed by atoms with E-state index in [2.05, 4.69) is 25.2 Å². The average Bonchev–Trinajstić information content (AvgIpc) is 2.28. The minimum absolute atomic E-state index is 0.221. The molecule has 0 aromatic heterocycles. The Morgan fingerprint density at radius 3 is 2.76 bits per heavy atom. The second-order valence-electron chi connectivity index (χ2n) is 5.34. The lowest BCUT2D eigenvalue weighted by atomic mass is 9.82. The molecule has 4 heteroatoms. The van der Waals surface area contributed by atoms with Gasteiger partial charge in [0.15, 0.2) is 0 Å². The lowest BCUT2D eigenvalue weighted by Crippen LogP contribution is -2.51. The Hall–Kier alpha value is -0.240. The molecule has 0 heterocycles. The molecule has 1 aliphatic carbocycles. The van der Waals surface area contributed by atoms with E-state index in [0.717, 1.165) is 25.7 Å². The SMILES string of the molecule is CC(C)NC1(C#N)CCCC(SC(C)CO)C1. The number of nitrogens with one attached hydrogen (secondary N) is 1. The largest absolute Gasteiger partial charge is 0.395 e. The fraction of sp³-hybridized carbons (Fsp3) is 0.923. The van der Waals surface area contributed by atoms with E-state index >= 15 is 0 Å². The number of aliphatic hydroxyl groups excluding tert-OH is 1. The van der Waals surface area contributed by atoms with Crippen LogP contribution in [0.25, 0.3) is 0 Å². The fourth-order valence-corrected chi connectivity index (χ4v) is 3.96. The van der Waals surface area contributed by atoms with Gasteiger partial charge >= 0.3 is 0 Å². The van der Waals surface area contributed by atoms with Crippen LogP contribution in [0, 0.1) is 11.3 Å². The zero-order valence-electron chi connectivity index (χ0n) is 11.1. The maximum absolute atomic E-state index is 9.43. The normalized spacial score (nSPS) is 31.2. The molecule has 17 heavy (non-hydrogen) atoms. The van der Waals surface area contributed by atoms with Crippen molar-refractivity contribution in [1.29, 1.82) is 5.26 Å². The molecule has 0 aliphatic heterocycles. The summed E-state index contributed by atoms with van der Waals surface area (Å²) < 4.78 is 0. The first kappa shape index (κ1) is 14.8. The molecule has 0 radical (unpaired) electrons. The Kier molecular flexibility index (Phi) is 5.78. The van der Waals surface area contributed by atoms with Crippen molar-refractivity contribution in [3.8, 4) is 6.07 Å². The first-order valence-electron chi connectivity index (χ1n) is 6.46. The van der Waals surface area contributed by atoms with Crippen molar-refractivity contribution >= 4 is 11.8 Å². The molecule has 98 valence electrons. The molecule has 1 rings (SSSR count). The molecule has 0 aromatic carbocycles. The van der Waals surface area contributed by atoms with Gasteiger partial charge in [-0.05, 0) is 39.5 Å². The molecule has 1 aliphatic rings. The van der Waals surface area contributed by atoms with Crippen LogP contribution in [0.1, 0.15) is 46.5 Å². The van der Waals surface area contributed by atoms with E-state index in [0.29, 0.717) is 11.3 Å². The highest BCUT2D eigenvalue weighted by atomic mass is 32.2. The number of rotatable bonds is 5. The molecular formula is C13H24N2OS. The maximum atomic E-state index is 9.43. The van der Waals surface area contributed by atoms with Gasteiger partial charge in [0, 0.05) is 16.5 Å². The number of nitriles is 1. The predicted octanol–water partition coefficient (Wildman–Crippen LogP) is 2.30. The van der Waals surface area contributed by atoms with Crippen LogP contribution in [0.15, 0.2) is 0 Å². The maximum Gasteiger partial charge on any atom is 0.108 e. The van der Waals surface area contributed by atoms with Gasteiger partial charge in [-0.3, -0.25) is 5.32 Å². The summed E-state index contributed by atoms with van der Waals surface area (Å²) >= 11 is 1.82. The van der Waals surface area contributed by atoms with E-state index in [-0.39, 0.29) is 17.4 Å². The van der Waals surface area contributed by atoms with Gasteiger partial charge in [-0.25, -0.2) is 0 Å². The highest BCUT2D eigenvalue weighted by Gasteiger charge is 2.37. The van der Waals surface area contributed by atoms with E-state index in [1.807, 2.05) is 18.7 Å². The van der Waals surface area contributed by atoms with Gasteiger partial charge in [-0.1, -0.05) is 6.92 Å². The van der Waals surface area contributed by atoms with Crippen molar-refractivity contribution in [3.63, 3.8) is 0 Å². The summed E-state index contributed by atoms with van der Waals surface area (Å²) in [6.07, 6.45) is 4.12. The third-order valence-corrected chi connectivity index (χ3v) is 4.57. The minimum atomic E-state index is -0.348. The molecule has 1 saturated carbocycles. The standard InChI is InChI=1S/C13H24N2OS/c1-10(2)15-13(9-14)6-4-5-12(7-13)17-11(3)8-16/h10-12,15-16H,4-8H2,1-3H3. The summed E-state index contributed by atoms with van der Waals surface area (Å²) in [5.74, 6) is 0. The molecule has 0 aromatic rings. The Morgan fingerprint density at radius 2 is 2.24 bits per heavy atom. The second kappa shape index (κ2) is 6.63. The molecule has 0 bridgehead atoms. The number of hydrogen-bond donors (Lipinski definition) is 2. The van der Waals surface area contributed by atoms with Crippen molar-refractivity contribution in [2.75, 3.05) is 6.61 Å². The molecule has 3 atom stereocenters. The Morgan fingerprint density at radius 1 is 1.53 bits per heavy atom. The van der Waals surface area contributed by atoms with Crippen LogP contribution in [0.4, 0.5) is 0 Å². The van der Waals surface area contributed by atoms with Crippen LogP contribution in [-0.4, -0.2) is 33.8 Å². The van der Waals surface area contributed by atoms with Gasteiger partial charge in [0.2, 0.25) is 0 Å². The molecular weight excluding hydrogens is 232 g/mol. The van der Waals surface area contributed by atoms with Gasteiger partial charge in [0.1, 0.15) is 5.54 Å². The quantitative estimate of drug-likeness (QED) is 0.792. The van der Waals surface area contributed by atoms with Crippen molar-refractivity contribution in [3.05, 3.63) is 0 Å². The minimum Gasteiger partial charge on any atom is -0.395 e. The summed E-state index contributed by atoms with van der Waals surface area (Å²) in [6.45, 7) is 6.44. The Balaban J connectivity index is 2.60. The smallest absolute Gasteiger partial charge is 0.108 e. The monoisotopic (exact) mass is 256 g/mol. The topological polar surface area (TPSA) is 56.0 Å². The van der Waals surface area contributed by atoms with E-state index in [1.54, 1.807) is 0 Å². The number of hydrogen-bond acceptors (Lipinski definition) is 4. The van der Waals surface area contributed by atoms with Gasteiger partial charge in [0.25, 0.3) is 0 Å². The van der Waals surface area contributed by atoms with Gasteiger partial charge < -0.3 is 5.11 Å². The molecule has 2 N–H and O–H groups in total. The number of nitrogens with zero attached hydrogens (tertiary/aromatic N) is 1. The van der Waals surface area contributed by atoms with Crippen LogP contribution in [-0.2, 0) is 0 Å². The van der Waals surface area contributed by atoms with Crippen LogP contribution in [0.3, 0.4) is 0 Å². The first-order chi connectivity index (χ1) is 8.01. The second-order valence-corrected chi connectivity index (χ2v) is 7.08. The van der Waals surface area contributed by atoms with Gasteiger partial charge in [-0.15, -0.1) is 0 Å². The number of aliphatic hydroxyl groups is 1. The summed E-state index contributed by atoms with van der Waals surface area (Å²) in [6, 6.07) is 2.82. The highest BCUT2D eigenvalue weighted by molar-refractivity contribution is 8.00. The van der Waals surface area contributed by atoms with E-state index < -0.39 is 0 Å². The third-order valence-electron chi connectivity index (χ3n) is 3.17. The van der Waals surface area contributed by atoms with E-state index in [4.69, 9.17) is 5.11 Å². The first-order valence-corrected chi connectivity index (χ1v) is 7.41. The zero-order chi connectivity index (χ0) is 12.9. The summed E-state index contributed by atoms with van der Waals surface area (Å²) in [5, 5.41) is 22.7. The van der Waals surface area contributed by atoms with Crippen LogP contribution < -0.4 is 5.32 Å². The summed E-state index contributed by atoms with van der Waals surface area (Å²) in [5.41, 5.74) is -0.348. The molecule has 3 unspecified atom stereocenters. The summed E-state index contributed by atoms with van der Waals surface area (Å²) in [4.78, 5) is 0. The predicted molar refractivity (Wildman–Crippen MR) is 73.0 cm³/mol. The molecule has 1 fully saturated rings. The van der Waals surface area contributed by atoms with Crippen molar-refractivity contribution in [2.45, 2.75) is 68.5 Å². The van der Waals surface area contributed by atoms with E-state index in [1.165, 1.54) is 0 Å². The van der Waals surface area contributed by atoms with Crippen molar-refractivity contribution in [1.82, 2.24) is 5.32 Å². The molecule has 0 amide bonds. The van der Waals surface area contributed by atoms with Gasteiger partial charge in [-0.2, -0.15) is 17.0 Å². The number of thioether (sulfide) groups is 1. The highest BCUT2D eigenvalue weighted by Crippen LogP contribution is 2.36. The third kappa shape index (κ3) is 4.50. The van der Waals surface area contributed by atoms with Gasteiger partial charge in [0.05, 0.1) is 12.7 Å². The van der Waals surface area contributed by atoms with Crippen LogP contribution in [0.2, 0.25) is 0 Å². The Labute approximate surface area is 109 Å². The zero-order valence-corrected chi connectivity index (χ0v) is 11.9. The molecule has 3 nitrogen and oxygen atoms in total. The lowest BCUT2D eigenvalue weighted by molar-refractivity contribution is 0.281. The summed E-state index contributed by atoms with van der Waals surface area (Å²) in [7, 11) is 0. The van der Waals surface area contributed by atoms with Crippen molar-refractivity contribution < 1.29 is 5.11 Å². The fourth-order valence-electron chi connectivity index (χ4n) is 2.53. The van der Waals surface area contributed by atoms with Crippen LogP contribution >= 0.6 is 11.8 Å². The Bertz CT molecular complexity index is 277. The van der Waals surface area contributed by atoms with Crippen LogP contribution in [0.5, 0.6) is 0 Å². The molecule has 0 saturated heterocycles. The molecule has 0 spiro atoms. The van der Waals surface area contributed by atoms with Crippen molar-refractivity contribution in [2.24, 2.45) is 0 Å².